The second kappa shape index (κ2) is 9.25. The first-order chi connectivity index (χ1) is 13.2. The largest absolute Gasteiger partial charge is 0.483 e. The first kappa shape index (κ1) is 21.3. The summed E-state index contributed by atoms with van der Waals surface area (Å²) in [6, 6.07) is 11.6. The number of rotatable bonds is 7. The molecule has 0 saturated carbocycles. The average molecular weight is 394 g/mol. The van der Waals surface area contributed by atoms with E-state index in [1.165, 1.54) is 12.1 Å². The predicted molar refractivity (Wildman–Crippen MR) is 98.7 cm³/mol. The number of ether oxygens (including phenoxy) is 1. The second-order valence-corrected chi connectivity index (χ2v) is 6.40. The average Bonchev–Trinajstić information content (AvgIpc) is 2.64. The standard InChI is InChI=1S/C20H21F3N2O3/c1-13(2)19(27)25-15-7-5-6-14(10-15)11-24-18(26)12-28-17-9-4-3-8-16(17)20(21,22)23/h3-10,13H,11-12H2,1-2H3,(H,24,26)(H,25,27). The summed E-state index contributed by atoms with van der Waals surface area (Å²) in [5.74, 6) is -1.25. The van der Waals surface area contributed by atoms with Gasteiger partial charge in [0.1, 0.15) is 5.75 Å². The highest BCUT2D eigenvalue weighted by molar-refractivity contribution is 5.92. The molecule has 0 spiro atoms. The highest BCUT2D eigenvalue weighted by Gasteiger charge is 2.34. The van der Waals surface area contributed by atoms with Gasteiger partial charge in [-0.3, -0.25) is 9.59 Å². The lowest BCUT2D eigenvalue weighted by Gasteiger charge is -2.14. The number of benzene rings is 2. The second-order valence-electron chi connectivity index (χ2n) is 6.40. The number of amides is 2. The Morgan fingerprint density at radius 1 is 1.07 bits per heavy atom. The predicted octanol–water partition coefficient (Wildman–Crippen LogP) is 4.00. The monoisotopic (exact) mass is 394 g/mol. The van der Waals surface area contributed by atoms with Crippen molar-refractivity contribution < 1.29 is 27.5 Å². The first-order valence-corrected chi connectivity index (χ1v) is 8.62. The van der Waals surface area contributed by atoms with Crippen molar-refractivity contribution in [3.8, 4) is 5.75 Å². The van der Waals surface area contributed by atoms with E-state index in [1.54, 1.807) is 38.1 Å². The summed E-state index contributed by atoms with van der Waals surface area (Å²) < 4.78 is 43.8. The molecule has 5 nitrogen and oxygen atoms in total. The SMILES string of the molecule is CC(C)C(=O)Nc1cccc(CNC(=O)COc2ccccc2C(F)(F)F)c1. The van der Waals surface area contributed by atoms with Gasteiger partial charge in [-0.05, 0) is 29.8 Å². The molecule has 0 unspecified atom stereocenters. The molecule has 2 N–H and O–H groups in total. The Kier molecular flexibility index (Phi) is 7.03. The molecule has 2 aromatic rings. The van der Waals surface area contributed by atoms with Gasteiger partial charge in [0.15, 0.2) is 6.61 Å². The zero-order valence-corrected chi connectivity index (χ0v) is 15.5. The van der Waals surface area contributed by atoms with Crippen molar-refractivity contribution in [1.29, 1.82) is 0 Å². The molecule has 0 saturated heterocycles. The van der Waals surface area contributed by atoms with Crippen LogP contribution < -0.4 is 15.4 Å². The molecule has 0 aliphatic heterocycles. The fourth-order valence-corrected chi connectivity index (χ4v) is 2.27. The maximum Gasteiger partial charge on any atom is 0.419 e. The van der Waals surface area contributed by atoms with E-state index in [1.807, 2.05) is 0 Å². The number of carbonyl (C=O) groups excluding carboxylic acids is 2. The number of hydrogen-bond acceptors (Lipinski definition) is 3. The summed E-state index contributed by atoms with van der Waals surface area (Å²) >= 11 is 0. The van der Waals surface area contributed by atoms with E-state index in [0.717, 1.165) is 17.7 Å². The van der Waals surface area contributed by atoms with Crippen molar-refractivity contribution >= 4 is 17.5 Å². The van der Waals surface area contributed by atoms with Crippen molar-refractivity contribution in [2.24, 2.45) is 5.92 Å². The Balaban J connectivity index is 1.89. The van der Waals surface area contributed by atoms with Crippen LogP contribution in [0.1, 0.15) is 25.0 Å². The molecule has 0 aliphatic carbocycles. The van der Waals surface area contributed by atoms with Crippen molar-refractivity contribution in [2.75, 3.05) is 11.9 Å². The molecule has 0 fully saturated rings. The van der Waals surface area contributed by atoms with Gasteiger partial charge >= 0.3 is 6.18 Å². The lowest BCUT2D eigenvalue weighted by molar-refractivity contribution is -0.139. The summed E-state index contributed by atoms with van der Waals surface area (Å²) in [5, 5.41) is 5.33. The normalized spacial score (nSPS) is 11.2. The fraction of sp³-hybridized carbons (Fsp3) is 0.300. The lowest BCUT2D eigenvalue weighted by atomic mass is 10.1. The van der Waals surface area contributed by atoms with E-state index in [-0.39, 0.29) is 18.4 Å². The van der Waals surface area contributed by atoms with Crippen molar-refractivity contribution in [2.45, 2.75) is 26.6 Å². The maximum absolute atomic E-state index is 12.9. The lowest BCUT2D eigenvalue weighted by Crippen LogP contribution is -2.28. The third kappa shape index (κ3) is 6.29. The molecule has 0 aromatic heterocycles. The number of nitrogens with one attached hydrogen (secondary N) is 2. The fourth-order valence-electron chi connectivity index (χ4n) is 2.27. The molecule has 150 valence electrons. The number of carbonyl (C=O) groups is 2. The Hall–Kier alpha value is -3.03. The van der Waals surface area contributed by atoms with Crippen LogP contribution in [0.3, 0.4) is 0 Å². The van der Waals surface area contributed by atoms with Gasteiger partial charge in [-0.2, -0.15) is 13.2 Å². The van der Waals surface area contributed by atoms with Crippen LogP contribution in [0.2, 0.25) is 0 Å². The van der Waals surface area contributed by atoms with E-state index in [4.69, 9.17) is 4.74 Å². The van der Waals surface area contributed by atoms with Crippen molar-refractivity contribution in [3.05, 3.63) is 59.7 Å². The van der Waals surface area contributed by atoms with Crippen LogP contribution in [0.25, 0.3) is 0 Å². The Morgan fingerprint density at radius 3 is 2.46 bits per heavy atom. The van der Waals surface area contributed by atoms with Crippen LogP contribution in [0.4, 0.5) is 18.9 Å². The molecular formula is C20H21F3N2O3. The summed E-state index contributed by atoms with van der Waals surface area (Å²) in [7, 11) is 0. The van der Waals surface area contributed by atoms with Crippen LogP contribution in [0.5, 0.6) is 5.75 Å². The third-order valence-corrected chi connectivity index (χ3v) is 3.76. The van der Waals surface area contributed by atoms with E-state index in [2.05, 4.69) is 10.6 Å². The van der Waals surface area contributed by atoms with Crippen LogP contribution in [0.15, 0.2) is 48.5 Å². The Morgan fingerprint density at radius 2 is 1.79 bits per heavy atom. The molecule has 0 aliphatic rings. The van der Waals surface area contributed by atoms with E-state index in [0.29, 0.717) is 5.69 Å². The quantitative estimate of drug-likeness (QED) is 0.746. The van der Waals surface area contributed by atoms with Gasteiger partial charge < -0.3 is 15.4 Å². The minimum atomic E-state index is -4.56. The van der Waals surface area contributed by atoms with Gasteiger partial charge in [0, 0.05) is 18.2 Å². The molecule has 0 radical (unpaired) electrons. The summed E-state index contributed by atoms with van der Waals surface area (Å²) in [6.07, 6.45) is -4.56. The third-order valence-electron chi connectivity index (χ3n) is 3.76. The maximum atomic E-state index is 12.9. The van der Waals surface area contributed by atoms with Gasteiger partial charge in [-0.15, -0.1) is 0 Å². The minimum absolute atomic E-state index is 0.127. The Bertz CT molecular complexity index is 835. The van der Waals surface area contributed by atoms with Gasteiger partial charge in [0.25, 0.3) is 5.91 Å². The zero-order valence-electron chi connectivity index (χ0n) is 15.5. The molecule has 2 rings (SSSR count). The molecule has 2 aromatic carbocycles. The zero-order chi connectivity index (χ0) is 20.7. The topological polar surface area (TPSA) is 67.4 Å². The van der Waals surface area contributed by atoms with Crippen molar-refractivity contribution in [1.82, 2.24) is 5.32 Å². The summed E-state index contributed by atoms with van der Waals surface area (Å²) in [6.45, 7) is 3.15. The number of alkyl halides is 3. The van der Waals surface area contributed by atoms with Crippen LogP contribution in [0, 0.1) is 5.92 Å². The number of anilines is 1. The van der Waals surface area contributed by atoms with E-state index >= 15 is 0 Å². The van der Waals surface area contributed by atoms with Gasteiger partial charge in [0.05, 0.1) is 5.56 Å². The number of para-hydroxylation sites is 1. The molecule has 0 heterocycles. The van der Waals surface area contributed by atoms with Crippen LogP contribution in [-0.2, 0) is 22.3 Å². The molecule has 0 atom stereocenters. The summed E-state index contributed by atoms with van der Waals surface area (Å²) in [4.78, 5) is 23.6. The number of hydrogen-bond donors (Lipinski definition) is 2. The molecular weight excluding hydrogens is 373 g/mol. The van der Waals surface area contributed by atoms with Gasteiger partial charge in [-0.25, -0.2) is 0 Å². The Labute approximate surface area is 160 Å². The molecule has 8 heteroatoms. The van der Waals surface area contributed by atoms with Crippen molar-refractivity contribution in [3.63, 3.8) is 0 Å². The first-order valence-electron chi connectivity index (χ1n) is 8.62. The molecule has 28 heavy (non-hydrogen) atoms. The van der Waals surface area contributed by atoms with E-state index < -0.39 is 30.0 Å². The van der Waals surface area contributed by atoms with E-state index in [9.17, 15) is 22.8 Å². The minimum Gasteiger partial charge on any atom is -0.483 e. The summed E-state index contributed by atoms with van der Waals surface area (Å²) in [5.41, 5.74) is 0.391. The van der Waals surface area contributed by atoms with Crippen LogP contribution in [-0.4, -0.2) is 18.4 Å². The smallest absolute Gasteiger partial charge is 0.419 e. The van der Waals surface area contributed by atoms with Gasteiger partial charge in [0.2, 0.25) is 5.91 Å². The number of halogens is 3. The highest BCUT2D eigenvalue weighted by atomic mass is 19.4. The van der Waals surface area contributed by atoms with Gasteiger partial charge in [-0.1, -0.05) is 38.1 Å². The molecule has 2 amide bonds. The van der Waals surface area contributed by atoms with Crippen LogP contribution >= 0.6 is 0 Å². The highest BCUT2D eigenvalue weighted by Crippen LogP contribution is 2.35. The molecule has 0 bridgehead atoms.